The summed E-state index contributed by atoms with van der Waals surface area (Å²) in [5, 5.41) is 0. The summed E-state index contributed by atoms with van der Waals surface area (Å²) in [7, 11) is 0. The van der Waals surface area contributed by atoms with Crippen LogP contribution in [0.2, 0.25) is 0 Å². The highest BCUT2D eigenvalue weighted by Gasteiger charge is 2.40. The standard InChI is InChI=1S/C32H46O2/c1-23(2)25-13-17-27(18-14-25)31(11,21-29(5,6)7)33-34-32(12,22-30(8,9)10)28-19-15-26(16-20-28)24(3)4/h13-20H,1,3,21-22H2,2,4-12H3. The molecule has 0 radical (unpaired) electrons. The predicted molar refractivity (Wildman–Crippen MR) is 147 cm³/mol. The Balaban J connectivity index is 2.45. The van der Waals surface area contributed by atoms with Crippen LogP contribution in [0.5, 0.6) is 0 Å². The smallest absolute Gasteiger partial charge is 0.126 e. The zero-order chi connectivity index (χ0) is 25.9. The first-order valence-electron chi connectivity index (χ1n) is 12.3. The molecule has 0 saturated carbocycles. The van der Waals surface area contributed by atoms with Crippen molar-refractivity contribution in [3.63, 3.8) is 0 Å². The molecule has 0 fully saturated rings. The highest BCUT2D eigenvalue weighted by atomic mass is 17.2. The lowest BCUT2D eigenvalue weighted by Crippen LogP contribution is -2.38. The van der Waals surface area contributed by atoms with E-state index in [1.807, 2.05) is 13.8 Å². The van der Waals surface area contributed by atoms with E-state index in [2.05, 4.69) is 117 Å². The maximum Gasteiger partial charge on any atom is 0.126 e. The summed E-state index contributed by atoms with van der Waals surface area (Å²) in [6.45, 7) is 29.9. The van der Waals surface area contributed by atoms with Crippen molar-refractivity contribution in [2.24, 2.45) is 10.8 Å². The van der Waals surface area contributed by atoms with Crippen molar-refractivity contribution in [2.45, 2.75) is 93.3 Å². The average Bonchev–Trinajstić information content (AvgIpc) is 2.70. The molecule has 2 atom stereocenters. The van der Waals surface area contributed by atoms with Crippen LogP contribution in [0.3, 0.4) is 0 Å². The molecule has 0 aliphatic carbocycles. The monoisotopic (exact) mass is 462 g/mol. The summed E-state index contributed by atoms with van der Waals surface area (Å²) in [4.78, 5) is 13.0. The molecule has 2 heteroatoms. The molecule has 2 rings (SSSR count). The van der Waals surface area contributed by atoms with Gasteiger partial charge in [0.05, 0.1) is 0 Å². The third-order valence-corrected chi connectivity index (χ3v) is 6.12. The second-order valence-corrected chi connectivity index (χ2v) is 12.8. The van der Waals surface area contributed by atoms with Gasteiger partial charge in [-0.1, -0.05) is 114 Å². The van der Waals surface area contributed by atoms with Gasteiger partial charge in [0.1, 0.15) is 11.2 Å². The van der Waals surface area contributed by atoms with Gasteiger partial charge in [0.25, 0.3) is 0 Å². The molecule has 0 heterocycles. The van der Waals surface area contributed by atoms with Crippen LogP contribution >= 0.6 is 0 Å². The van der Waals surface area contributed by atoms with Gasteiger partial charge in [0.15, 0.2) is 0 Å². The quantitative estimate of drug-likeness (QED) is 0.273. The Hall–Kier alpha value is -2.16. The summed E-state index contributed by atoms with van der Waals surface area (Å²) in [5.74, 6) is 0. The van der Waals surface area contributed by atoms with Crippen LogP contribution in [0.4, 0.5) is 0 Å². The Morgan fingerprint density at radius 2 is 0.824 bits per heavy atom. The lowest BCUT2D eigenvalue weighted by Gasteiger charge is -2.40. The van der Waals surface area contributed by atoms with Crippen molar-refractivity contribution < 1.29 is 9.78 Å². The first kappa shape index (κ1) is 28.1. The predicted octanol–water partition coefficient (Wildman–Crippen LogP) is 9.70. The molecule has 0 aliphatic heterocycles. The van der Waals surface area contributed by atoms with Gasteiger partial charge in [-0.2, -0.15) is 0 Å². The van der Waals surface area contributed by atoms with Crippen LogP contribution in [0.15, 0.2) is 61.7 Å². The molecule has 0 aliphatic rings. The highest BCUT2D eigenvalue weighted by molar-refractivity contribution is 5.62. The van der Waals surface area contributed by atoms with E-state index in [0.717, 1.165) is 46.2 Å². The van der Waals surface area contributed by atoms with Gasteiger partial charge < -0.3 is 0 Å². The van der Waals surface area contributed by atoms with Crippen molar-refractivity contribution in [1.29, 1.82) is 0 Å². The Kier molecular flexibility index (Phi) is 8.44. The molecule has 0 saturated heterocycles. The molecule has 0 amide bonds. The molecule has 186 valence electrons. The summed E-state index contributed by atoms with van der Waals surface area (Å²) >= 11 is 0. The van der Waals surface area contributed by atoms with E-state index in [4.69, 9.17) is 9.78 Å². The largest absolute Gasteiger partial charge is 0.225 e. The Morgan fingerprint density at radius 1 is 0.559 bits per heavy atom. The molecule has 2 unspecified atom stereocenters. The van der Waals surface area contributed by atoms with Crippen molar-refractivity contribution in [2.75, 3.05) is 0 Å². The van der Waals surface area contributed by atoms with Gasteiger partial charge in [-0.3, -0.25) is 0 Å². The minimum absolute atomic E-state index is 0.0503. The fourth-order valence-electron chi connectivity index (χ4n) is 4.78. The first-order chi connectivity index (χ1) is 15.4. The lowest BCUT2D eigenvalue weighted by atomic mass is 9.78. The SMILES string of the molecule is C=C(C)c1ccc(C(C)(CC(C)(C)C)OOC(C)(CC(C)(C)C)c2ccc(C(=C)C)cc2)cc1. The first-order valence-corrected chi connectivity index (χ1v) is 12.3. The molecule has 2 nitrogen and oxygen atoms in total. The van der Waals surface area contributed by atoms with Gasteiger partial charge in [0, 0.05) is 0 Å². The number of allylic oxidation sites excluding steroid dienone is 2. The molecular weight excluding hydrogens is 416 g/mol. The third-order valence-electron chi connectivity index (χ3n) is 6.12. The minimum atomic E-state index is -0.608. The van der Waals surface area contributed by atoms with Gasteiger partial charge in [-0.05, 0) is 73.6 Å². The van der Waals surface area contributed by atoms with E-state index in [1.165, 1.54) is 0 Å². The maximum atomic E-state index is 6.50. The molecule has 0 spiro atoms. The van der Waals surface area contributed by atoms with E-state index in [0.29, 0.717) is 0 Å². The molecule has 0 bridgehead atoms. The Bertz CT molecular complexity index is 900. The Labute approximate surface area is 209 Å². The van der Waals surface area contributed by atoms with Gasteiger partial charge >= 0.3 is 0 Å². The second-order valence-electron chi connectivity index (χ2n) is 12.8. The van der Waals surface area contributed by atoms with Gasteiger partial charge in [-0.15, -0.1) is 0 Å². The van der Waals surface area contributed by atoms with E-state index in [-0.39, 0.29) is 10.8 Å². The molecule has 2 aromatic carbocycles. The summed E-state index contributed by atoms with van der Waals surface area (Å²) in [5.41, 5.74) is 5.46. The highest BCUT2D eigenvalue weighted by Crippen LogP contribution is 2.43. The number of rotatable bonds is 9. The second kappa shape index (κ2) is 10.2. The fourth-order valence-corrected chi connectivity index (χ4v) is 4.78. The van der Waals surface area contributed by atoms with Crippen LogP contribution in [-0.4, -0.2) is 0 Å². The topological polar surface area (TPSA) is 18.5 Å². The summed E-state index contributed by atoms with van der Waals surface area (Å²) < 4.78 is 0. The zero-order valence-corrected chi connectivity index (χ0v) is 23.3. The fraction of sp³-hybridized carbons (Fsp3) is 0.500. The van der Waals surface area contributed by atoms with Crippen LogP contribution in [0.1, 0.15) is 104 Å². The molecule has 34 heavy (non-hydrogen) atoms. The molecule has 0 aromatic heterocycles. The normalized spacial score (nSPS) is 15.9. The molecule has 2 aromatic rings. The number of hydrogen-bond acceptors (Lipinski definition) is 2. The third kappa shape index (κ3) is 7.68. The minimum Gasteiger partial charge on any atom is -0.225 e. The maximum absolute atomic E-state index is 6.50. The molecular formula is C32H46O2. The van der Waals surface area contributed by atoms with E-state index in [9.17, 15) is 0 Å². The van der Waals surface area contributed by atoms with Crippen LogP contribution in [0, 0.1) is 10.8 Å². The van der Waals surface area contributed by atoms with Crippen molar-refractivity contribution in [3.8, 4) is 0 Å². The van der Waals surface area contributed by atoms with Crippen LogP contribution < -0.4 is 0 Å². The van der Waals surface area contributed by atoms with Crippen molar-refractivity contribution in [1.82, 2.24) is 0 Å². The van der Waals surface area contributed by atoms with Crippen LogP contribution in [0.25, 0.3) is 11.1 Å². The van der Waals surface area contributed by atoms with E-state index >= 15 is 0 Å². The number of hydrogen-bond donors (Lipinski definition) is 0. The molecule has 0 N–H and O–H groups in total. The van der Waals surface area contributed by atoms with Crippen molar-refractivity contribution in [3.05, 3.63) is 83.9 Å². The van der Waals surface area contributed by atoms with Gasteiger partial charge in [-0.25, -0.2) is 9.78 Å². The lowest BCUT2D eigenvalue weighted by molar-refractivity contribution is -0.424. The number of benzene rings is 2. The zero-order valence-electron chi connectivity index (χ0n) is 23.3. The van der Waals surface area contributed by atoms with Crippen LogP contribution in [-0.2, 0) is 21.0 Å². The Morgan fingerprint density at radius 3 is 1.03 bits per heavy atom. The van der Waals surface area contributed by atoms with E-state index < -0.39 is 11.2 Å². The van der Waals surface area contributed by atoms with Gasteiger partial charge in [0.2, 0.25) is 0 Å². The van der Waals surface area contributed by atoms with E-state index in [1.54, 1.807) is 0 Å². The summed E-state index contributed by atoms with van der Waals surface area (Å²) in [6, 6.07) is 17.0. The summed E-state index contributed by atoms with van der Waals surface area (Å²) in [6.07, 6.45) is 1.62. The average molecular weight is 463 g/mol. The van der Waals surface area contributed by atoms with Crippen molar-refractivity contribution >= 4 is 11.1 Å².